The largest absolute Gasteiger partial charge is 0.417 e. The molecule has 0 saturated heterocycles. The molecule has 2 atom stereocenters. The highest BCUT2D eigenvalue weighted by molar-refractivity contribution is 5.79. The van der Waals surface area contributed by atoms with Gasteiger partial charge in [0.05, 0.1) is 5.56 Å². The fraction of sp³-hybridized carbons (Fsp3) is 0.647. The number of carbonyl (C=O) groups is 1. The summed E-state index contributed by atoms with van der Waals surface area (Å²) in [6.07, 6.45) is -0.893. The standard InChI is InChI=1S/C17H24F3N3O/c1-3-12(5-4-11(2)21)16(24)23-7-6-15-13(10-23)8-14(9-22-15)17(18,19)20/h8-9,11-12H,3-7,10,21H2,1-2H3/t11-,12+/m0/s1. The lowest BCUT2D eigenvalue weighted by molar-refractivity contribution is -0.138. The van der Waals surface area contributed by atoms with Crippen LogP contribution in [0, 0.1) is 5.92 Å². The quantitative estimate of drug-likeness (QED) is 0.893. The number of aromatic nitrogens is 1. The van der Waals surface area contributed by atoms with Crippen LogP contribution in [0.3, 0.4) is 0 Å². The molecular formula is C17H24F3N3O. The summed E-state index contributed by atoms with van der Waals surface area (Å²) in [6, 6.07) is 1.15. The van der Waals surface area contributed by atoms with Crippen LogP contribution in [0.4, 0.5) is 13.2 Å². The predicted molar refractivity (Wildman–Crippen MR) is 85.0 cm³/mol. The van der Waals surface area contributed by atoms with Crippen LogP contribution in [0.5, 0.6) is 0 Å². The highest BCUT2D eigenvalue weighted by Gasteiger charge is 2.33. The van der Waals surface area contributed by atoms with Crippen LogP contribution in [-0.2, 0) is 23.9 Å². The minimum absolute atomic E-state index is 0.00112. The Kier molecular flexibility index (Phi) is 5.85. The monoisotopic (exact) mass is 343 g/mol. The van der Waals surface area contributed by atoms with Crippen molar-refractivity contribution in [3.8, 4) is 0 Å². The second-order valence-corrected chi connectivity index (χ2v) is 6.50. The first-order chi connectivity index (χ1) is 11.2. The lowest BCUT2D eigenvalue weighted by atomic mass is 9.95. The number of amides is 1. The maximum absolute atomic E-state index is 12.8. The van der Waals surface area contributed by atoms with Gasteiger partial charge in [-0.2, -0.15) is 13.2 Å². The van der Waals surface area contributed by atoms with E-state index in [1.807, 2.05) is 13.8 Å². The molecule has 1 aliphatic heterocycles. The average Bonchev–Trinajstić information content (AvgIpc) is 2.53. The molecule has 1 aromatic rings. The summed E-state index contributed by atoms with van der Waals surface area (Å²) in [7, 11) is 0. The molecule has 1 aliphatic rings. The number of hydrogen-bond acceptors (Lipinski definition) is 3. The molecule has 0 spiro atoms. The first-order valence-electron chi connectivity index (χ1n) is 8.31. The molecule has 0 aliphatic carbocycles. The van der Waals surface area contributed by atoms with Gasteiger partial charge in [0.15, 0.2) is 0 Å². The third kappa shape index (κ3) is 4.47. The molecule has 2 rings (SSSR count). The Hall–Kier alpha value is -1.63. The van der Waals surface area contributed by atoms with E-state index in [1.54, 1.807) is 4.90 Å². The molecule has 0 saturated carbocycles. The number of pyridine rings is 1. The maximum Gasteiger partial charge on any atom is 0.417 e. The topological polar surface area (TPSA) is 59.2 Å². The van der Waals surface area contributed by atoms with Crippen LogP contribution >= 0.6 is 0 Å². The van der Waals surface area contributed by atoms with Gasteiger partial charge in [0.1, 0.15) is 0 Å². The molecule has 1 aromatic heterocycles. The second-order valence-electron chi connectivity index (χ2n) is 6.50. The van der Waals surface area contributed by atoms with Gasteiger partial charge < -0.3 is 10.6 Å². The molecule has 4 nitrogen and oxygen atoms in total. The molecular weight excluding hydrogens is 319 g/mol. The van der Waals surface area contributed by atoms with E-state index in [2.05, 4.69) is 4.98 Å². The number of rotatable bonds is 5. The SMILES string of the molecule is CC[C@H](CC[C@H](C)N)C(=O)N1CCc2ncc(C(F)(F)F)cc2C1. The summed E-state index contributed by atoms with van der Waals surface area (Å²) < 4.78 is 38.5. The van der Waals surface area contributed by atoms with Crippen molar-refractivity contribution in [3.63, 3.8) is 0 Å². The third-order valence-electron chi connectivity index (χ3n) is 4.49. The van der Waals surface area contributed by atoms with E-state index >= 15 is 0 Å². The van der Waals surface area contributed by atoms with Gasteiger partial charge in [0, 0.05) is 43.4 Å². The molecule has 24 heavy (non-hydrogen) atoms. The summed E-state index contributed by atoms with van der Waals surface area (Å²) in [6.45, 7) is 4.54. The van der Waals surface area contributed by atoms with E-state index in [4.69, 9.17) is 5.73 Å². The zero-order valence-electron chi connectivity index (χ0n) is 14.1. The number of halogens is 3. The molecule has 2 N–H and O–H groups in total. The van der Waals surface area contributed by atoms with Gasteiger partial charge in [0.2, 0.25) is 5.91 Å². The fourth-order valence-electron chi connectivity index (χ4n) is 2.99. The van der Waals surface area contributed by atoms with Crippen molar-refractivity contribution in [3.05, 3.63) is 29.1 Å². The van der Waals surface area contributed by atoms with Crippen molar-refractivity contribution in [2.75, 3.05) is 6.54 Å². The van der Waals surface area contributed by atoms with Gasteiger partial charge in [-0.15, -0.1) is 0 Å². The van der Waals surface area contributed by atoms with Gasteiger partial charge >= 0.3 is 6.18 Å². The summed E-state index contributed by atoms with van der Waals surface area (Å²) in [5.74, 6) is -0.127. The number of nitrogens with zero attached hydrogens (tertiary/aromatic N) is 2. The first kappa shape index (κ1) is 18.7. The Morgan fingerprint density at radius 3 is 2.71 bits per heavy atom. The van der Waals surface area contributed by atoms with E-state index < -0.39 is 11.7 Å². The van der Waals surface area contributed by atoms with Gasteiger partial charge in [-0.25, -0.2) is 0 Å². The number of nitrogens with two attached hydrogens (primary N) is 1. The Morgan fingerprint density at radius 1 is 1.42 bits per heavy atom. The normalized spacial score (nSPS) is 17.3. The van der Waals surface area contributed by atoms with Gasteiger partial charge in [-0.1, -0.05) is 6.92 Å². The molecule has 0 aromatic carbocycles. The lowest BCUT2D eigenvalue weighted by Crippen LogP contribution is -2.40. The van der Waals surface area contributed by atoms with Gasteiger partial charge in [0.25, 0.3) is 0 Å². The maximum atomic E-state index is 12.8. The lowest BCUT2D eigenvalue weighted by Gasteiger charge is -2.31. The van der Waals surface area contributed by atoms with Crippen LogP contribution in [-0.4, -0.2) is 28.4 Å². The van der Waals surface area contributed by atoms with Crippen molar-refractivity contribution < 1.29 is 18.0 Å². The Labute approximate surface area is 140 Å². The molecule has 0 bridgehead atoms. The highest BCUT2D eigenvalue weighted by atomic mass is 19.4. The number of fused-ring (bicyclic) bond motifs is 1. The minimum Gasteiger partial charge on any atom is -0.338 e. The van der Waals surface area contributed by atoms with E-state index in [-0.39, 0.29) is 24.4 Å². The van der Waals surface area contributed by atoms with Crippen molar-refractivity contribution in [2.45, 2.75) is 58.3 Å². The summed E-state index contributed by atoms with van der Waals surface area (Å²) in [5, 5.41) is 0. The van der Waals surface area contributed by atoms with E-state index in [0.29, 0.717) is 37.1 Å². The van der Waals surface area contributed by atoms with Gasteiger partial charge in [-0.3, -0.25) is 9.78 Å². The Bertz CT molecular complexity index is 587. The Morgan fingerprint density at radius 2 is 2.12 bits per heavy atom. The van der Waals surface area contributed by atoms with E-state index in [1.165, 1.54) is 0 Å². The molecule has 134 valence electrons. The predicted octanol–water partition coefficient (Wildman–Crippen LogP) is 3.14. The van der Waals surface area contributed by atoms with Crippen LogP contribution in [0.2, 0.25) is 0 Å². The van der Waals surface area contributed by atoms with Crippen LogP contribution in [0.15, 0.2) is 12.3 Å². The smallest absolute Gasteiger partial charge is 0.338 e. The van der Waals surface area contributed by atoms with Crippen LogP contribution in [0.25, 0.3) is 0 Å². The van der Waals surface area contributed by atoms with Crippen molar-refractivity contribution in [1.82, 2.24) is 9.88 Å². The van der Waals surface area contributed by atoms with E-state index in [0.717, 1.165) is 18.7 Å². The summed E-state index contributed by atoms with van der Waals surface area (Å²) in [4.78, 5) is 18.3. The summed E-state index contributed by atoms with van der Waals surface area (Å²) >= 11 is 0. The van der Waals surface area contributed by atoms with Crippen molar-refractivity contribution in [1.29, 1.82) is 0 Å². The van der Waals surface area contributed by atoms with Crippen LogP contribution < -0.4 is 5.73 Å². The number of hydrogen-bond donors (Lipinski definition) is 1. The molecule has 1 amide bonds. The molecule has 7 heteroatoms. The van der Waals surface area contributed by atoms with Crippen molar-refractivity contribution in [2.24, 2.45) is 11.7 Å². The van der Waals surface area contributed by atoms with Crippen LogP contribution in [0.1, 0.15) is 49.9 Å². The average molecular weight is 343 g/mol. The van der Waals surface area contributed by atoms with E-state index in [9.17, 15) is 18.0 Å². The molecule has 0 fully saturated rings. The molecule has 0 unspecified atom stereocenters. The Balaban J connectivity index is 2.11. The third-order valence-corrected chi connectivity index (χ3v) is 4.49. The first-order valence-corrected chi connectivity index (χ1v) is 8.31. The molecule has 2 heterocycles. The fourth-order valence-corrected chi connectivity index (χ4v) is 2.99. The number of alkyl halides is 3. The van der Waals surface area contributed by atoms with Gasteiger partial charge in [-0.05, 0) is 37.8 Å². The molecule has 0 radical (unpaired) electrons. The highest BCUT2D eigenvalue weighted by Crippen LogP contribution is 2.31. The zero-order chi connectivity index (χ0) is 17.9. The van der Waals surface area contributed by atoms with Crippen molar-refractivity contribution >= 4 is 5.91 Å². The zero-order valence-corrected chi connectivity index (χ0v) is 14.1. The minimum atomic E-state index is -4.42. The second kappa shape index (κ2) is 7.51. The number of carbonyl (C=O) groups excluding carboxylic acids is 1. The summed E-state index contributed by atoms with van der Waals surface area (Å²) in [5.41, 5.74) is 6.13.